The Kier molecular flexibility index (Phi) is 10.6. The van der Waals surface area contributed by atoms with Crippen LogP contribution in [-0.4, -0.2) is 0 Å². The molecule has 0 N–H and O–H groups in total. The van der Waals surface area contributed by atoms with Gasteiger partial charge in [0.05, 0.1) is 0 Å². The summed E-state index contributed by atoms with van der Waals surface area (Å²) in [6.45, 7) is 8.44. The lowest BCUT2D eigenvalue weighted by Gasteiger charge is -2.10. The molecule has 0 rings (SSSR count). The quantitative estimate of drug-likeness (QED) is 0.327. The zero-order chi connectivity index (χ0) is 10.6. The van der Waals surface area contributed by atoms with Crippen molar-refractivity contribution in [2.75, 3.05) is 0 Å². The van der Waals surface area contributed by atoms with Crippen LogP contribution in [-0.2, 0) is 0 Å². The molecule has 1 unspecified atom stereocenters. The third kappa shape index (κ3) is 8.34. The van der Waals surface area contributed by atoms with E-state index in [1.807, 2.05) is 0 Å². The summed E-state index contributed by atoms with van der Waals surface area (Å²) >= 11 is 0. The maximum Gasteiger partial charge on any atom is -0.0236 e. The second-order valence-corrected chi connectivity index (χ2v) is 4.34. The van der Waals surface area contributed by atoms with Gasteiger partial charge in [-0.05, 0) is 18.8 Å². The van der Waals surface area contributed by atoms with Crippen molar-refractivity contribution in [2.45, 2.75) is 71.6 Å². The van der Waals surface area contributed by atoms with E-state index in [2.05, 4.69) is 26.5 Å². The molecule has 0 nitrogen and oxygen atoms in total. The van der Waals surface area contributed by atoms with Gasteiger partial charge in [0.25, 0.3) is 0 Å². The van der Waals surface area contributed by atoms with Crippen molar-refractivity contribution in [3.05, 3.63) is 12.7 Å². The lowest BCUT2D eigenvalue weighted by Crippen LogP contribution is -1.95. The molecule has 0 heterocycles. The Balaban J connectivity index is 3.20. The van der Waals surface area contributed by atoms with Crippen LogP contribution < -0.4 is 0 Å². The van der Waals surface area contributed by atoms with E-state index in [0.29, 0.717) is 0 Å². The van der Waals surface area contributed by atoms with Gasteiger partial charge in [0.15, 0.2) is 0 Å². The normalized spacial score (nSPS) is 12.7. The molecule has 0 aliphatic heterocycles. The average molecular weight is 196 g/mol. The third-order valence-corrected chi connectivity index (χ3v) is 2.92. The van der Waals surface area contributed by atoms with Crippen molar-refractivity contribution in [1.29, 1.82) is 0 Å². The fourth-order valence-electron chi connectivity index (χ4n) is 1.94. The minimum Gasteiger partial charge on any atom is -0.103 e. The van der Waals surface area contributed by atoms with E-state index in [0.717, 1.165) is 5.92 Å². The van der Waals surface area contributed by atoms with Gasteiger partial charge in [-0.25, -0.2) is 0 Å². The molecule has 1 atom stereocenters. The Labute approximate surface area is 90.8 Å². The largest absolute Gasteiger partial charge is 0.103 e. The Hall–Kier alpha value is -0.260. The topological polar surface area (TPSA) is 0 Å². The lowest BCUT2D eigenvalue weighted by atomic mass is 9.96. The van der Waals surface area contributed by atoms with E-state index in [1.165, 1.54) is 57.8 Å². The van der Waals surface area contributed by atoms with Gasteiger partial charge in [-0.1, -0.05) is 64.9 Å². The van der Waals surface area contributed by atoms with Crippen LogP contribution in [0.3, 0.4) is 0 Å². The van der Waals surface area contributed by atoms with Crippen molar-refractivity contribution in [3.8, 4) is 0 Å². The van der Waals surface area contributed by atoms with Gasteiger partial charge in [0.1, 0.15) is 0 Å². The minimum atomic E-state index is 0.783. The van der Waals surface area contributed by atoms with E-state index in [1.54, 1.807) is 0 Å². The molecule has 0 spiro atoms. The van der Waals surface area contributed by atoms with E-state index < -0.39 is 0 Å². The number of hydrogen-bond acceptors (Lipinski definition) is 0. The van der Waals surface area contributed by atoms with Crippen LogP contribution in [0.15, 0.2) is 12.7 Å². The lowest BCUT2D eigenvalue weighted by molar-refractivity contribution is 0.490. The second kappa shape index (κ2) is 10.8. The predicted molar refractivity (Wildman–Crippen MR) is 66.6 cm³/mol. The maximum atomic E-state index is 3.91. The molecule has 0 heteroatoms. The fourth-order valence-corrected chi connectivity index (χ4v) is 1.94. The molecular weight excluding hydrogens is 168 g/mol. The highest BCUT2D eigenvalue weighted by atomic mass is 14.1. The SMILES string of the molecule is C=CC(CCC)CCCCCCCC. The van der Waals surface area contributed by atoms with E-state index in [4.69, 9.17) is 0 Å². The maximum absolute atomic E-state index is 3.91. The van der Waals surface area contributed by atoms with Gasteiger partial charge in [-0.2, -0.15) is 0 Å². The number of hydrogen-bond donors (Lipinski definition) is 0. The summed E-state index contributed by atoms with van der Waals surface area (Å²) in [5.41, 5.74) is 0. The molecule has 0 aromatic rings. The van der Waals surface area contributed by atoms with Gasteiger partial charge in [0, 0.05) is 0 Å². The number of allylic oxidation sites excluding steroid dienone is 1. The third-order valence-electron chi connectivity index (χ3n) is 2.92. The Bertz CT molecular complexity index is 115. The summed E-state index contributed by atoms with van der Waals surface area (Å²) in [5.74, 6) is 0.783. The molecule has 0 aromatic carbocycles. The summed E-state index contributed by atoms with van der Waals surface area (Å²) in [6.07, 6.45) is 14.6. The summed E-state index contributed by atoms with van der Waals surface area (Å²) in [5, 5.41) is 0. The molecule has 0 bridgehead atoms. The van der Waals surface area contributed by atoms with Crippen molar-refractivity contribution >= 4 is 0 Å². The number of unbranched alkanes of at least 4 members (excludes halogenated alkanes) is 5. The van der Waals surface area contributed by atoms with Crippen molar-refractivity contribution in [1.82, 2.24) is 0 Å². The molecule has 0 aliphatic carbocycles. The van der Waals surface area contributed by atoms with Gasteiger partial charge in [-0.3, -0.25) is 0 Å². The Morgan fingerprint density at radius 2 is 1.50 bits per heavy atom. The summed E-state index contributed by atoms with van der Waals surface area (Å²) in [6, 6.07) is 0. The Morgan fingerprint density at radius 3 is 2.07 bits per heavy atom. The summed E-state index contributed by atoms with van der Waals surface area (Å²) in [7, 11) is 0. The fraction of sp³-hybridized carbons (Fsp3) is 0.857. The van der Waals surface area contributed by atoms with E-state index >= 15 is 0 Å². The van der Waals surface area contributed by atoms with Crippen LogP contribution in [0.2, 0.25) is 0 Å². The van der Waals surface area contributed by atoms with Gasteiger partial charge in [0.2, 0.25) is 0 Å². The first kappa shape index (κ1) is 13.7. The smallest absolute Gasteiger partial charge is 0.0236 e. The molecule has 0 radical (unpaired) electrons. The highest BCUT2D eigenvalue weighted by Crippen LogP contribution is 2.17. The zero-order valence-electron chi connectivity index (χ0n) is 10.2. The monoisotopic (exact) mass is 196 g/mol. The van der Waals surface area contributed by atoms with Crippen molar-refractivity contribution < 1.29 is 0 Å². The standard InChI is InChI=1S/C14H28/c1-4-7-8-9-10-11-13-14(6-3)12-5-2/h6,14H,3-5,7-13H2,1-2H3. The average Bonchev–Trinajstić information content (AvgIpc) is 2.21. The molecule has 0 saturated heterocycles. The highest BCUT2D eigenvalue weighted by molar-refractivity contribution is 4.78. The molecule has 0 fully saturated rings. The molecule has 0 aliphatic rings. The van der Waals surface area contributed by atoms with Crippen LogP contribution >= 0.6 is 0 Å². The zero-order valence-corrected chi connectivity index (χ0v) is 10.2. The molecule has 0 saturated carbocycles. The van der Waals surface area contributed by atoms with Crippen molar-refractivity contribution in [2.24, 2.45) is 5.92 Å². The van der Waals surface area contributed by atoms with Crippen LogP contribution in [0, 0.1) is 5.92 Å². The summed E-state index contributed by atoms with van der Waals surface area (Å²) < 4.78 is 0. The molecule has 0 amide bonds. The van der Waals surface area contributed by atoms with Crippen LogP contribution in [0.5, 0.6) is 0 Å². The van der Waals surface area contributed by atoms with Crippen LogP contribution in [0.4, 0.5) is 0 Å². The second-order valence-electron chi connectivity index (χ2n) is 4.34. The first-order valence-corrected chi connectivity index (χ1v) is 6.47. The van der Waals surface area contributed by atoms with E-state index in [9.17, 15) is 0 Å². The number of rotatable bonds is 10. The summed E-state index contributed by atoms with van der Waals surface area (Å²) in [4.78, 5) is 0. The molecular formula is C14H28. The first-order valence-electron chi connectivity index (χ1n) is 6.47. The molecule has 84 valence electrons. The van der Waals surface area contributed by atoms with Gasteiger partial charge >= 0.3 is 0 Å². The molecule has 14 heavy (non-hydrogen) atoms. The minimum absolute atomic E-state index is 0.783. The highest BCUT2D eigenvalue weighted by Gasteiger charge is 2.01. The van der Waals surface area contributed by atoms with Crippen LogP contribution in [0.25, 0.3) is 0 Å². The van der Waals surface area contributed by atoms with E-state index in [-0.39, 0.29) is 0 Å². The Morgan fingerprint density at radius 1 is 0.857 bits per heavy atom. The van der Waals surface area contributed by atoms with Crippen LogP contribution in [0.1, 0.15) is 71.6 Å². The van der Waals surface area contributed by atoms with Gasteiger partial charge < -0.3 is 0 Å². The first-order chi connectivity index (χ1) is 6.85. The van der Waals surface area contributed by atoms with Crippen molar-refractivity contribution in [3.63, 3.8) is 0 Å². The predicted octanol–water partition coefficient (Wildman–Crippen LogP) is 5.34. The van der Waals surface area contributed by atoms with Gasteiger partial charge in [-0.15, -0.1) is 6.58 Å². The molecule has 0 aromatic heterocycles.